The van der Waals surface area contributed by atoms with Gasteiger partial charge in [0.15, 0.2) is 0 Å². The maximum Gasteiger partial charge on any atom is 0.325 e. The van der Waals surface area contributed by atoms with Gasteiger partial charge in [-0.2, -0.15) is 8.78 Å². The number of rotatable bonds is 11. The van der Waals surface area contributed by atoms with Gasteiger partial charge in [0.05, 0.1) is 12.2 Å². The molecule has 31 heavy (non-hydrogen) atoms. The van der Waals surface area contributed by atoms with E-state index >= 15 is 0 Å². The average Bonchev–Trinajstić information content (AvgIpc) is 3.04. The minimum absolute atomic E-state index is 0.0631. The topological polar surface area (TPSA) is 110 Å². The van der Waals surface area contributed by atoms with Gasteiger partial charge in [-0.25, -0.2) is 13.6 Å². The van der Waals surface area contributed by atoms with Crippen molar-refractivity contribution < 1.29 is 41.8 Å². The number of urea groups is 1. The quantitative estimate of drug-likeness (QED) is 0.227. The molecule has 174 valence electrons. The van der Waals surface area contributed by atoms with Crippen LogP contribution in [-0.2, 0) is 10.5 Å². The van der Waals surface area contributed by atoms with Crippen LogP contribution in [0.25, 0.3) is 0 Å². The fourth-order valence-electron chi connectivity index (χ4n) is 3.12. The van der Waals surface area contributed by atoms with Gasteiger partial charge in [0.25, 0.3) is 0 Å². The van der Waals surface area contributed by atoms with E-state index < -0.39 is 56.6 Å². The standard InChI is InChI=1S/C19H25F4N2O5P/c20-18(21,10-12-31(28,29)30)9-4-11-25-15(13-24-17(25)27)7-8-16(26)19(22,23)14-5-2-1-3-6-14/h1-3,5-8,15-16,26H,4,9-13H2,(H,24,27)(H2,28,29,30)/b8-7+/t15-,16?/m0/s1. The van der Waals surface area contributed by atoms with Crippen LogP contribution in [0, 0.1) is 0 Å². The van der Waals surface area contributed by atoms with Crippen LogP contribution in [0.5, 0.6) is 0 Å². The number of aliphatic hydroxyl groups excluding tert-OH is 1. The lowest BCUT2D eigenvalue weighted by Gasteiger charge is -2.24. The molecule has 2 atom stereocenters. The predicted molar refractivity (Wildman–Crippen MR) is 105 cm³/mol. The summed E-state index contributed by atoms with van der Waals surface area (Å²) in [6.45, 7) is -0.0505. The van der Waals surface area contributed by atoms with Gasteiger partial charge >= 0.3 is 19.5 Å². The van der Waals surface area contributed by atoms with Crippen molar-refractivity contribution in [1.82, 2.24) is 10.2 Å². The lowest BCUT2D eigenvalue weighted by molar-refractivity contribution is -0.0929. The summed E-state index contributed by atoms with van der Waals surface area (Å²) in [5.41, 5.74) is -0.373. The Morgan fingerprint density at radius 1 is 1.19 bits per heavy atom. The summed E-state index contributed by atoms with van der Waals surface area (Å²) in [4.78, 5) is 30.6. The zero-order valence-electron chi connectivity index (χ0n) is 16.5. The molecule has 1 unspecified atom stereocenters. The third-order valence-electron chi connectivity index (χ3n) is 4.88. The minimum Gasteiger partial charge on any atom is -0.382 e. The SMILES string of the molecule is O=C1NC[C@H](/C=C/C(O)C(F)(F)c2ccccc2)N1CCCC(F)(F)CCP(=O)(O)O. The smallest absolute Gasteiger partial charge is 0.325 e. The molecule has 0 radical (unpaired) electrons. The van der Waals surface area contributed by atoms with Crippen molar-refractivity contribution in [3.05, 3.63) is 48.0 Å². The van der Waals surface area contributed by atoms with Gasteiger partial charge in [0.2, 0.25) is 5.92 Å². The maximum absolute atomic E-state index is 14.4. The second-order valence-electron chi connectivity index (χ2n) is 7.36. The molecule has 0 spiro atoms. The highest BCUT2D eigenvalue weighted by atomic mass is 31.2. The van der Waals surface area contributed by atoms with E-state index in [0.29, 0.717) is 0 Å². The van der Waals surface area contributed by atoms with Gasteiger partial charge in [-0.3, -0.25) is 4.57 Å². The summed E-state index contributed by atoms with van der Waals surface area (Å²) in [5.74, 6) is -6.86. The Labute approximate surface area is 176 Å². The number of hydrogen-bond donors (Lipinski definition) is 4. The van der Waals surface area contributed by atoms with Crippen LogP contribution < -0.4 is 5.32 Å². The summed E-state index contributed by atoms with van der Waals surface area (Å²) in [6, 6.07) is 5.47. The van der Waals surface area contributed by atoms with Gasteiger partial charge in [0.1, 0.15) is 6.10 Å². The van der Waals surface area contributed by atoms with E-state index in [1.54, 1.807) is 6.07 Å². The van der Waals surface area contributed by atoms with Gasteiger partial charge in [-0.05, 0) is 6.42 Å². The number of aliphatic hydroxyl groups is 1. The number of amides is 2. The first-order valence-corrected chi connectivity index (χ1v) is 11.4. The van der Waals surface area contributed by atoms with E-state index in [4.69, 9.17) is 9.79 Å². The van der Waals surface area contributed by atoms with Gasteiger partial charge in [-0.15, -0.1) is 0 Å². The molecule has 0 aromatic heterocycles. The second-order valence-corrected chi connectivity index (χ2v) is 9.14. The zero-order valence-corrected chi connectivity index (χ0v) is 17.4. The molecule has 12 heteroatoms. The van der Waals surface area contributed by atoms with Crippen molar-refractivity contribution in [3.8, 4) is 0 Å². The van der Waals surface area contributed by atoms with E-state index in [2.05, 4.69) is 5.32 Å². The lowest BCUT2D eigenvalue weighted by Crippen LogP contribution is -2.35. The summed E-state index contributed by atoms with van der Waals surface area (Å²) >= 11 is 0. The molecule has 0 bridgehead atoms. The van der Waals surface area contributed by atoms with E-state index in [1.807, 2.05) is 0 Å². The van der Waals surface area contributed by atoms with Crippen LogP contribution in [0.2, 0.25) is 0 Å². The van der Waals surface area contributed by atoms with Crippen molar-refractivity contribution >= 4 is 13.6 Å². The van der Waals surface area contributed by atoms with Crippen LogP contribution in [0.4, 0.5) is 22.4 Å². The monoisotopic (exact) mass is 468 g/mol. The molecule has 2 rings (SSSR count). The molecular formula is C19H25F4N2O5P. The number of benzene rings is 1. The number of alkyl halides is 4. The average molecular weight is 468 g/mol. The highest BCUT2D eigenvalue weighted by Crippen LogP contribution is 2.39. The van der Waals surface area contributed by atoms with Crippen molar-refractivity contribution in [2.24, 2.45) is 0 Å². The van der Waals surface area contributed by atoms with Crippen molar-refractivity contribution in [2.75, 3.05) is 19.3 Å². The van der Waals surface area contributed by atoms with Crippen LogP contribution in [0.15, 0.2) is 42.5 Å². The molecule has 1 saturated heterocycles. The molecule has 2 amide bonds. The van der Waals surface area contributed by atoms with E-state index in [9.17, 15) is 32.0 Å². The Hall–Kier alpha value is -1.94. The molecule has 1 aliphatic heterocycles. The Bertz CT molecular complexity index is 819. The zero-order chi connectivity index (χ0) is 23.3. The first-order valence-electron chi connectivity index (χ1n) is 9.58. The molecule has 7 nitrogen and oxygen atoms in total. The highest BCUT2D eigenvalue weighted by Gasteiger charge is 2.39. The summed E-state index contributed by atoms with van der Waals surface area (Å²) in [7, 11) is -4.54. The highest BCUT2D eigenvalue weighted by molar-refractivity contribution is 7.51. The van der Waals surface area contributed by atoms with Crippen LogP contribution in [0.1, 0.15) is 24.8 Å². The fourth-order valence-corrected chi connectivity index (χ4v) is 3.74. The van der Waals surface area contributed by atoms with Crippen molar-refractivity contribution in [3.63, 3.8) is 0 Å². The fraction of sp³-hybridized carbons (Fsp3) is 0.526. The number of carbonyl (C=O) groups is 1. The summed E-state index contributed by atoms with van der Waals surface area (Å²) < 4.78 is 67.0. The van der Waals surface area contributed by atoms with E-state index in [-0.39, 0.29) is 25.1 Å². The van der Waals surface area contributed by atoms with Gasteiger partial charge in [-0.1, -0.05) is 42.5 Å². The van der Waals surface area contributed by atoms with Crippen LogP contribution >= 0.6 is 7.60 Å². The van der Waals surface area contributed by atoms with Crippen molar-refractivity contribution in [1.29, 1.82) is 0 Å². The predicted octanol–water partition coefficient (Wildman–Crippen LogP) is 3.07. The number of halogens is 4. The Kier molecular flexibility index (Phi) is 8.27. The molecule has 4 N–H and O–H groups in total. The Morgan fingerprint density at radius 2 is 1.84 bits per heavy atom. The molecule has 1 aromatic rings. The van der Waals surface area contributed by atoms with E-state index in [0.717, 1.165) is 6.08 Å². The number of nitrogens with one attached hydrogen (secondary N) is 1. The van der Waals surface area contributed by atoms with Crippen LogP contribution in [-0.4, -0.2) is 63.1 Å². The maximum atomic E-state index is 14.4. The molecule has 0 saturated carbocycles. The number of carbonyl (C=O) groups excluding carboxylic acids is 1. The van der Waals surface area contributed by atoms with Crippen molar-refractivity contribution in [2.45, 2.75) is 43.3 Å². The first kappa shape index (κ1) is 25.3. The molecule has 0 aliphatic carbocycles. The molecule has 1 fully saturated rings. The van der Waals surface area contributed by atoms with Crippen LogP contribution in [0.3, 0.4) is 0 Å². The lowest BCUT2D eigenvalue weighted by atomic mass is 10.0. The van der Waals surface area contributed by atoms with Gasteiger partial charge < -0.3 is 25.1 Å². The second kappa shape index (κ2) is 10.1. The number of hydrogen-bond acceptors (Lipinski definition) is 3. The summed E-state index contributed by atoms with van der Waals surface area (Å²) in [6.07, 6.45) is -2.82. The molecule has 1 heterocycles. The number of nitrogens with zero attached hydrogens (tertiary/aromatic N) is 1. The first-order chi connectivity index (χ1) is 14.3. The third-order valence-corrected chi connectivity index (χ3v) is 5.69. The van der Waals surface area contributed by atoms with Gasteiger partial charge in [0, 0.05) is 31.5 Å². The Morgan fingerprint density at radius 3 is 2.45 bits per heavy atom. The normalized spacial score (nSPS) is 19.1. The minimum atomic E-state index is -4.54. The Balaban J connectivity index is 1.93. The molecule has 1 aromatic carbocycles. The summed E-state index contributed by atoms with van der Waals surface area (Å²) in [5, 5.41) is 12.4. The largest absolute Gasteiger partial charge is 0.382 e. The third kappa shape index (κ3) is 7.60. The molecular weight excluding hydrogens is 443 g/mol. The van der Waals surface area contributed by atoms with E-state index in [1.165, 1.54) is 35.2 Å². The molecule has 1 aliphatic rings.